The maximum atomic E-state index is 5.37. The summed E-state index contributed by atoms with van der Waals surface area (Å²) in [6.07, 6.45) is 1.22. The van der Waals surface area contributed by atoms with Crippen LogP contribution in [0.15, 0.2) is 48.5 Å². The fraction of sp³-hybridized carbons (Fsp3) is 0.294. The summed E-state index contributed by atoms with van der Waals surface area (Å²) in [6, 6.07) is 17.0. The van der Waals surface area contributed by atoms with Crippen molar-refractivity contribution < 1.29 is 9.47 Å². The lowest BCUT2D eigenvalue weighted by molar-refractivity contribution is 0.354. The van der Waals surface area contributed by atoms with Crippen molar-refractivity contribution in [2.75, 3.05) is 14.2 Å². The molecule has 0 heterocycles. The van der Waals surface area contributed by atoms with E-state index in [2.05, 4.69) is 42.5 Å². The van der Waals surface area contributed by atoms with Crippen LogP contribution in [0.1, 0.15) is 29.4 Å². The van der Waals surface area contributed by atoms with E-state index in [0.717, 1.165) is 11.5 Å². The van der Waals surface area contributed by atoms with E-state index in [4.69, 9.17) is 9.47 Å². The first-order valence-corrected chi connectivity index (χ1v) is 6.60. The van der Waals surface area contributed by atoms with Crippen LogP contribution in [0.25, 0.3) is 0 Å². The predicted molar refractivity (Wildman–Crippen MR) is 76.1 cm³/mol. The van der Waals surface area contributed by atoms with E-state index in [1.54, 1.807) is 14.2 Å². The van der Waals surface area contributed by atoms with Crippen LogP contribution in [-0.4, -0.2) is 14.2 Å². The summed E-state index contributed by atoms with van der Waals surface area (Å²) in [7, 11) is 3.35. The highest BCUT2D eigenvalue weighted by molar-refractivity contribution is 5.47. The topological polar surface area (TPSA) is 18.5 Å². The second kappa shape index (κ2) is 4.96. The van der Waals surface area contributed by atoms with E-state index >= 15 is 0 Å². The van der Waals surface area contributed by atoms with Gasteiger partial charge in [0.15, 0.2) is 11.5 Å². The maximum Gasteiger partial charge on any atom is 0.160 e. The summed E-state index contributed by atoms with van der Waals surface area (Å²) in [4.78, 5) is 0. The average molecular weight is 254 g/mol. The first kappa shape index (κ1) is 12.1. The number of ether oxygens (including phenoxy) is 2. The smallest absolute Gasteiger partial charge is 0.160 e. The molecule has 0 saturated heterocycles. The standard InChI is InChI=1S/C17H18O2/c1-18-16-9-8-13(10-17(16)19-2)15-11-14(15)12-6-4-3-5-7-12/h3-10,14-15H,11H2,1-2H3/t14-,15-/m0/s1. The van der Waals surface area contributed by atoms with Crippen molar-refractivity contribution in [1.29, 1.82) is 0 Å². The lowest BCUT2D eigenvalue weighted by Gasteiger charge is -2.09. The number of rotatable bonds is 4. The highest BCUT2D eigenvalue weighted by atomic mass is 16.5. The molecule has 0 amide bonds. The Kier molecular flexibility index (Phi) is 3.16. The molecule has 2 aromatic carbocycles. The van der Waals surface area contributed by atoms with Gasteiger partial charge < -0.3 is 9.47 Å². The van der Waals surface area contributed by atoms with Crippen LogP contribution in [0.4, 0.5) is 0 Å². The lowest BCUT2D eigenvalue weighted by Crippen LogP contribution is -1.92. The fourth-order valence-electron chi connectivity index (χ4n) is 2.72. The highest BCUT2D eigenvalue weighted by Crippen LogP contribution is 2.55. The van der Waals surface area contributed by atoms with Gasteiger partial charge in [-0.1, -0.05) is 36.4 Å². The molecule has 1 aliphatic rings. The van der Waals surface area contributed by atoms with E-state index in [1.165, 1.54) is 17.5 Å². The molecule has 0 aliphatic heterocycles. The molecule has 2 atom stereocenters. The minimum atomic E-state index is 0.613. The average Bonchev–Trinajstić information content (AvgIpc) is 3.28. The molecule has 1 aliphatic carbocycles. The van der Waals surface area contributed by atoms with Crippen LogP contribution in [0.5, 0.6) is 11.5 Å². The Morgan fingerprint density at radius 3 is 2.16 bits per heavy atom. The van der Waals surface area contributed by atoms with Crippen LogP contribution in [0, 0.1) is 0 Å². The molecule has 0 radical (unpaired) electrons. The van der Waals surface area contributed by atoms with Crippen molar-refractivity contribution in [1.82, 2.24) is 0 Å². The van der Waals surface area contributed by atoms with Crippen LogP contribution in [0.3, 0.4) is 0 Å². The van der Waals surface area contributed by atoms with Gasteiger partial charge in [-0.05, 0) is 41.5 Å². The second-order valence-corrected chi connectivity index (χ2v) is 4.97. The van der Waals surface area contributed by atoms with Gasteiger partial charge in [0.1, 0.15) is 0 Å². The molecule has 0 bridgehead atoms. The maximum absolute atomic E-state index is 5.37. The predicted octanol–water partition coefficient (Wildman–Crippen LogP) is 3.97. The zero-order chi connectivity index (χ0) is 13.2. The van der Waals surface area contributed by atoms with Crippen LogP contribution in [0.2, 0.25) is 0 Å². The molecular weight excluding hydrogens is 236 g/mol. The normalized spacial score (nSPS) is 20.9. The van der Waals surface area contributed by atoms with E-state index < -0.39 is 0 Å². The third-order valence-corrected chi connectivity index (χ3v) is 3.85. The Morgan fingerprint density at radius 2 is 1.47 bits per heavy atom. The molecule has 0 spiro atoms. The van der Waals surface area contributed by atoms with Gasteiger partial charge in [-0.3, -0.25) is 0 Å². The molecule has 0 unspecified atom stereocenters. The molecule has 2 heteroatoms. The number of hydrogen-bond acceptors (Lipinski definition) is 2. The van der Waals surface area contributed by atoms with Gasteiger partial charge in [0.25, 0.3) is 0 Å². The third kappa shape index (κ3) is 2.30. The summed E-state index contributed by atoms with van der Waals surface area (Å²) in [5.74, 6) is 2.88. The van der Waals surface area contributed by atoms with Gasteiger partial charge in [-0.25, -0.2) is 0 Å². The summed E-state index contributed by atoms with van der Waals surface area (Å²) in [6.45, 7) is 0. The van der Waals surface area contributed by atoms with Crippen molar-refractivity contribution in [3.8, 4) is 11.5 Å². The number of benzene rings is 2. The monoisotopic (exact) mass is 254 g/mol. The van der Waals surface area contributed by atoms with Crippen molar-refractivity contribution in [3.63, 3.8) is 0 Å². The minimum Gasteiger partial charge on any atom is -0.493 e. The molecule has 98 valence electrons. The van der Waals surface area contributed by atoms with E-state index in [0.29, 0.717) is 11.8 Å². The Bertz CT molecular complexity index is 563. The van der Waals surface area contributed by atoms with Crippen molar-refractivity contribution in [3.05, 3.63) is 59.7 Å². The Labute approximate surface area is 114 Å². The summed E-state index contributed by atoms with van der Waals surface area (Å²) in [5, 5.41) is 0. The van der Waals surface area contributed by atoms with Gasteiger partial charge in [0, 0.05) is 0 Å². The Hall–Kier alpha value is -1.96. The largest absolute Gasteiger partial charge is 0.493 e. The summed E-state index contributed by atoms with van der Waals surface area (Å²) in [5.41, 5.74) is 2.77. The van der Waals surface area contributed by atoms with Crippen LogP contribution < -0.4 is 9.47 Å². The third-order valence-electron chi connectivity index (χ3n) is 3.85. The zero-order valence-corrected chi connectivity index (χ0v) is 11.3. The van der Waals surface area contributed by atoms with E-state index in [1.807, 2.05) is 6.07 Å². The van der Waals surface area contributed by atoms with Crippen LogP contribution >= 0.6 is 0 Å². The molecule has 19 heavy (non-hydrogen) atoms. The summed E-state index contributed by atoms with van der Waals surface area (Å²) < 4.78 is 10.6. The van der Waals surface area contributed by atoms with E-state index in [-0.39, 0.29) is 0 Å². The number of methoxy groups -OCH3 is 2. The van der Waals surface area contributed by atoms with Gasteiger partial charge in [0.05, 0.1) is 14.2 Å². The highest BCUT2D eigenvalue weighted by Gasteiger charge is 2.39. The quantitative estimate of drug-likeness (QED) is 0.821. The minimum absolute atomic E-state index is 0.613. The van der Waals surface area contributed by atoms with Crippen molar-refractivity contribution >= 4 is 0 Å². The van der Waals surface area contributed by atoms with Gasteiger partial charge >= 0.3 is 0 Å². The second-order valence-electron chi connectivity index (χ2n) is 4.97. The Balaban J connectivity index is 1.82. The van der Waals surface area contributed by atoms with E-state index in [9.17, 15) is 0 Å². The van der Waals surface area contributed by atoms with Crippen molar-refractivity contribution in [2.45, 2.75) is 18.3 Å². The molecule has 0 aromatic heterocycles. The molecule has 2 nitrogen and oxygen atoms in total. The first-order valence-electron chi connectivity index (χ1n) is 6.60. The fourth-order valence-corrected chi connectivity index (χ4v) is 2.72. The van der Waals surface area contributed by atoms with Crippen LogP contribution in [-0.2, 0) is 0 Å². The van der Waals surface area contributed by atoms with Crippen molar-refractivity contribution in [2.24, 2.45) is 0 Å². The summed E-state index contributed by atoms with van der Waals surface area (Å²) >= 11 is 0. The molecule has 1 saturated carbocycles. The molecule has 1 fully saturated rings. The van der Waals surface area contributed by atoms with Gasteiger partial charge in [0.2, 0.25) is 0 Å². The molecule has 2 aromatic rings. The molecular formula is C17H18O2. The molecule has 3 rings (SSSR count). The van der Waals surface area contributed by atoms with Gasteiger partial charge in [-0.15, -0.1) is 0 Å². The lowest BCUT2D eigenvalue weighted by atomic mass is 10.0. The zero-order valence-electron chi connectivity index (χ0n) is 11.3. The SMILES string of the molecule is COc1ccc([C@@H]2C[C@H]2c2ccccc2)cc1OC. The van der Waals surface area contributed by atoms with Gasteiger partial charge in [-0.2, -0.15) is 0 Å². The molecule has 0 N–H and O–H groups in total. The Morgan fingerprint density at radius 1 is 0.789 bits per heavy atom. The first-order chi connectivity index (χ1) is 9.33. The number of hydrogen-bond donors (Lipinski definition) is 0.